The number of rotatable bonds is 4. The average Bonchev–Trinajstić information content (AvgIpc) is 2.68. The van der Waals surface area contributed by atoms with Gasteiger partial charge in [-0.2, -0.15) is 0 Å². The van der Waals surface area contributed by atoms with E-state index in [1.54, 1.807) is 12.1 Å². The van der Waals surface area contributed by atoms with Crippen LogP contribution in [-0.2, 0) is 30.6 Å². The number of carbonyl (C=O) groups excluding carboxylic acids is 1. The summed E-state index contributed by atoms with van der Waals surface area (Å²) < 4.78 is 5.41. The van der Waals surface area contributed by atoms with Crippen LogP contribution in [0.4, 0.5) is 0 Å². The fourth-order valence-corrected chi connectivity index (χ4v) is 3.80. The van der Waals surface area contributed by atoms with Crippen LogP contribution in [0.5, 0.6) is 5.75 Å². The SMILES string of the molecule is O=C(Cc1ccc2c(c1)CNCC2)N[C@H]1Cc2cccc(C(=O)O)c2OB1O. The molecule has 0 saturated heterocycles. The molecule has 1 amide bonds. The Bertz CT molecular complexity index is 933. The first-order valence-corrected chi connectivity index (χ1v) is 9.32. The Hall–Kier alpha value is -2.84. The molecule has 0 saturated carbocycles. The maximum Gasteiger partial charge on any atom is 0.547 e. The Morgan fingerprint density at radius 3 is 2.89 bits per heavy atom. The number of para-hydroxylation sites is 1. The van der Waals surface area contributed by atoms with E-state index in [-0.39, 0.29) is 23.6 Å². The number of carbonyl (C=O) groups is 2. The molecular weight excluding hydrogens is 359 g/mol. The minimum absolute atomic E-state index is 0.00370. The van der Waals surface area contributed by atoms with Gasteiger partial charge in [-0.1, -0.05) is 30.3 Å². The molecule has 0 unspecified atom stereocenters. The highest BCUT2D eigenvalue weighted by Gasteiger charge is 2.37. The summed E-state index contributed by atoms with van der Waals surface area (Å²) in [7, 11) is -1.30. The third-order valence-corrected chi connectivity index (χ3v) is 5.22. The van der Waals surface area contributed by atoms with Crippen LogP contribution in [0.1, 0.15) is 32.6 Å². The van der Waals surface area contributed by atoms with Crippen LogP contribution in [-0.4, -0.2) is 41.6 Å². The smallest absolute Gasteiger partial charge is 0.534 e. The Morgan fingerprint density at radius 1 is 1.21 bits per heavy atom. The second kappa shape index (κ2) is 7.65. The van der Waals surface area contributed by atoms with Gasteiger partial charge in [0.05, 0.1) is 17.9 Å². The summed E-state index contributed by atoms with van der Waals surface area (Å²) in [6.45, 7) is 1.78. The van der Waals surface area contributed by atoms with E-state index in [2.05, 4.69) is 16.7 Å². The van der Waals surface area contributed by atoms with E-state index in [9.17, 15) is 19.7 Å². The van der Waals surface area contributed by atoms with E-state index in [0.717, 1.165) is 25.1 Å². The normalized spacial score (nSPS) is 17.9. The van der Waals surface area contributed by atoms with Gasteiger partial charge in [0.15, 0.2) is 0 Å². The lowest BCUT2D eigenvalue weighted by Gasteiger charge is -2.29. The number of benzene rings is 2. The first-order valence-electron chi connectivity index (χ1n) is 9.32. The van der Waals surface area contributed by atoms with Gasteiger partial charge in [-0.25, -0.2) is 4.79 Å². The zero-order chi connectivity index (χ0) is 19.7. The Kier molecular flexibility index (Phi) is 5.06. The van der Waals surface area contributed by atoms with Crippen molar-refractivity contribution in [3.63, 3.8) is 0 Å². The molecule has 0 radical (unpaired) electrons. The zero-order valence-electron chi connectivity index (χ0n) is 15.3. The van der Waals surface area contributed by atoms with Crippen molar-refractivity contribution in [2.24, 2.45) is 0 Å². The molecule has 8 heteroatoms. The third kappa shape index (κ3) is 3.74. The van der Waals surface area contributed by atoms with Gasteiger partial charge in [0.1, 0.15) is 5.75 Å². The standard InChI is InChI=1S/C20H21BN2O5/c24-18(9-12-4-5-13-6-7-22-11-15(13)8-12)23-17-10-14-2-1-3-16(20(25)26)19(14)28-21(17)27/h1-5,8,17,22,27H,6-7,9-11H2,(H,23,24)(H,25,26)/t17-/m0/s1. The third-order valence-electron chi connectivity index (χ3n) is 5.22. The number of hydrogen-bond acceptors (Lipinski definition) is 5. The van der Waals surface area contributed by atoms with E-state index in [0.29, 0.717) is 12.0 Å². The molecule has 0 aliphatic carbocycles. The highest BCUT2D eigenvalue weighted by Crippen LogP contribution is 2.30. The monoisotopic (exact) mass is 380 g/mol. The average molecular weight is 380 g/mol. The summed E-state index contributed by atoms with van der Waals surface area (Å²) >= 11 is 0. The molecule has 1 atom stereocenters. The van der Waals surface area contributed by atoms with Gasteiger partial charge in [0.2, 0.25) is 5.91 Å². The molecule has 0 bridgehead atoms. The molecule has 4 rings (SSSR count). The molecule has 2 aromatic rings. The number of nitrogens with one attached hydrogen (secondary N) is 2. The van der Waals surface area contributed by atoms with E-state index in [1.165, 1.54) is 17.2 Å². The molecule has 2 aromatic carbocycles. The summed E-state index contributed by atoms with van der Waals surface area (Å²) in [5.41, 5.74) is 4.09. The Labute approximate surface area is 162 Å². The summed E-state index contributed by atoms with van der Waals surface area (Å²) in [5, 5.41) is 25.6. The zero-order valence-corrected chi connectivity index (χ0v) is 15.3. The highest BCUT2D eigenvalue weighted by atomic mass is 16.5. The van der Waals surface area contributed by atoms with Crippen LogP contribution in [0.15, 0.2) is 36.4 Å². The van der Waals surface area contributed by atoms with Gasteiger partial charge in [0, 0.05) is 6.54 Å². The summed E-state index contributed by atoms with van der Waals surface area (Å²) in [4.78, 5) is 23.8. The second-order valence-electron chi connectivity index (χ2n) is 7.19. The van der Waals surface area contributed by atoms with E-state index in [4.69, 9.17) is 4.65 Å². The van der Waals surface area contributed by atoms with Gasteiger partial charge < -0.3 is 25.4 Å². The van der Waals surface area contributed by atoms with E-state index < -0.39 is 19.0 Å². The van der Waals surface area contributed by atoms with Crippen molar-refractivity contribution in [3.8, 4) is 5.75 Å². The van der Waals surface area contributed by atoms with E-state index >= 15 is 0 Å². The van der Waals surface area contributed by atoms with Crippen molar-refractivity contribution in [1.29, 1.82) is 0 Å². The van der Waals surface area contributed by atoms with Gasteiger partial charge in [-0.3, -0.25) is 4.79 Å². The van der Waals surface area contributed by atoms with Crippen LogP contribution in [0.3, 0.4) is 0 Å². The molecule has 7 nitrogen and oxygen atoms in total. The fraction of sp³-hybridized carbons (Fsp3) is 0.300. The maximum atomic E-state index is 12.5. The predicted octanol–water partition coefficient (Wildman–Crippen LogP) is 0.713. The first-order chi connectivity index (χ1) is 13.5. The number of aromatic carboxylic acids is 1. The fourth-order valence-electron chi connectivity index (χ4n) is 3.80. The molecule has 2 aliphatic heterocycles. The molecule has 2 heterocycles. The molecule has 0 aromatic heterocycles. The van der Waals surface area contributed by atoms with Crippen LogP contribution in [0.2, 0.25) is 0 Å². The molecule has 144 valence electrons. The number of carboxylic acids is 1. The van der Waals surface area contributed by atoms with Crippen LogP contribution < -0.4 is 15.3 Å². The van der Waals surface area contributed by atoms with Crippen molar-refractivity contribution in [1.82, 2.24) is 10.6 Å². The quantitative estimate of drug-likeness (QED) is 0.582. The van der Waals surface area contributed by atoms with Crippen LogP contribution in [0, 0.1) is 0 Å². The highest BCUT2D eigenvalue weighted by molar-refractivity contribution is 6.47. The summed E-state index contributed by atoms with van der Waals surface area (Å²) in [6, 6.07) is 10.9. The first kappa shape index (κ1) is 18.5. The summed E-state index contributed by atoms with van der Waals surface area (Å²) in [6.07, 6.45) is 1.50. The topological polar surface area (TPSA) is 108 Å². The van der Waals surface area contributed by atoms with Gasteiger partial charge >= 0.3 is 13.1 Å². The minimum Gasteiger partial charge on any atom is -0.534 e. The van der Waals surface area contributed by atoms with Crippen LogP contribution in [0.25, 0.3) is 0 Å². The van der Waals surface area contributed by atoms with Crippen molar-refractivity contribution in [3.05, 3.63) is 64.2 Å². The lowest BCUT2D eigenvalue weighted by Crippen LogP contribution is -2.53. The molecule has 2 aliphatic rings. The van der Waals surface area contributed by atoms with Crippen LogP contribution >= 0.6 is 0 Å². The maximum absolute atomic E-state index is 12.5. The van der Waals surface area contributed by atoms with Gasteiger partial charge in [-0.15, -0.1) is 0 Å². The van der Waals surface area contributed by atoms with Gasteiger partial charge in [-0.05, 0) is 47.7 Å². The van der Waals surface area contributed by atoms with Crippen molar-refractivity contribution in [2.75, 3.05) is 6.54 Å². The number of carboxylic acid groups (broad SMARTS) is 1. The minimum atomic E-state index is -1.30. The van der Waals surface area contributed by atoms with Crippen molar-refractivity contribution >= 4 is 19.0 Å². The molecule has 0 fully saturated rings. The number of amides is 1. The van der Waals surface area contributed by atoms with E-state index in [1.807, 2.05) is 12.1 Å². The molecule has 28 heavy (non-hydrogen) atoms. The second-order valence-corrected chi connectivity index (χ2v) is 7.19. The lowest BCUT2D eigenvalue weighted by atomic mass is 9.72. The predicted molar refractivity (Wildman–Crippen MR) is 103 cm³/mol. The number of fused-ring (bicyclic) bond motifs is 2. The number of hydrogen-bond donors (Lipinski definition) is 4. The Balaban J connectivity index is 1.44. The Morgan fingerprint density at radius 2 is 2.07 bits per heavy atom. The molecular formula is C20H21BN2O5. The largest absolute Gasteiger partial charge is 0.547 e. The van der Waals surface area contributed by atoms with Crippen molar-refractivity contribution < 1.29 is 24.4 Å². The molecule has 0 spiro atoms. The van der Waals surface area contributed by atoms with Crippen molar-refractivity contribution in [2.45, 2.75) is 31.7 Å². The lowest BCUT2D eigenvalue weighted by molar-refractivity contribution is -0.120. The summed E-state index contributed by atoms with van der Waals surface area (Å²) in [5.74, 6) is -1.80. The molecule has 4 N–H and O–H groups in total. The van der Waals surface area contributed by atoms with Gasteiger partial charge in [0.25, 0.3) is 0 Å².